The van der Waals surface area contributed by atoms with Crippen LogP contribution in [-0.4, -0.2) is 21.3 Å². The quantitative estimate of drug-likeness (QED) is 0.466. The van der Waals surface area contributed by atoms with Crippen molar-refractivity contribution in [2.24, 2.45) is 0 Å². The summed E-state index contributed by atoms with van der Waals surface area (Å²) in [5.41, 5.74) is 2.00. The molecule has 0 atom stereocenters. The topological polar surface area (TPSA) is 43.4 Å². The lowest BCUT2D eigenvalue weighted by Gasteiger charge is -2.03. The molecule has 2 aromatic carbocycles. The van der Waals surface area contributed by atoms with Gasteiger partial charge in [-0.05, 0) is 28.7 Å². The lowest BCUT2D eigenvalue weighted by atomic mass is 10.2. The Kier molecular flexibility index (Phi) is 7.75. The molecule has 128 valence electrons. The van der Waals surface area contributed by atoms with Crippen molar-refractivity contribution in [3.05, 3.63) is 77.2 Å². The van der Waals surface area contributed by atoms with Crippen molar-refractivity contribution in [1.82, 2.24) is 0 Å². The molecule has 0 spiro atoms. The zero-order valence-corrected chi connectivity index (χ0v) is 15.9. The predicted molar refractivity (Wildman–Crippen MR) is 105 cm³/mol. The van der Waals surface area contributed by atoms with Gasteiger partial charge in [0.25, 0.3) is 0 Å². The molecule has 0 bridgehead atoms. The molecule has 0 saturated carbocycles. The van der Waals surface area contributed by atoms with Crippen LogP contribution in [0.4, 0.5) is 0 Å². The summed E-state index contributed by atoms with van der Waals surface area (Å²) in [6.07, 6.45) is 1.71. The van der Waals surface area contributed by atoms with Gasteiger partial charge < -0.3 is 4.74 Å². The van der Waals surface area contributed by atoms with Crippen LogP contribution in [0.2, 0.25) is 0 Å². The maximum Gasteiger partial charge on any atom is 0.158 e. The molecule has 0 aliphatic rings. The largest absolute Gasteiger partial charge is 0.497 e. The van der Waals surface area contributed by atoms with Crippen LogP contribution in [0.15, 0.2) is 66.1 Å². The smallest absolute Gasteiger partial charge is 0.158 e. The van der Waals surface area contributed by atoms with Crippen LogP contribution in [0.1, 0.15) is 11.1 Å². The first-order valence-corrected chi connectivity index (χ1v) is 11.6. The monoisotopic (exact) mass is 380 g/mol. The van der Waals surface area contributed by atoms with Crippen molar-refractivity contribution >= 4 is 31.4 Å². The fraction of sp³-hybridized carbons (Fsp3) is 0.222. The van der Waals surface area contributed by atoms with Crippen LogP contribution in [0.25, 0.3) is 0 Å². The molecule has 24 heavy (non-hydrogen) atoms. The second-order valence-corrected chi connectivity index (χ2v) is 9.50. The summed E-state index contributed by atoms with van der Waals surface area (Å²) in [6.45, 7) is 0. The molecular weight excluding hydrogens is 360 g/mol. The van der Waals surface area contributed by atoms with Crippen molar-refractivity contribution in [1.29, 1.82) is 0 Å². The summed E-state index contributed by atoms with van der Waals surface area (Å²) in [5, 5.41) is 1.84. The van der Waals surface area contributed by atoms with Gasteiger partial charge in [0.05, 0.1) is 18.6 Å². The third-order valence-corrected chi connectivity index (χ3v) is 6.62. The zero-order chi connectivity index (χ0) is 17.3. The fourth-order valence-corrected chi connectivity index (χ4v) is 5.07. The number of benzene rings is 2. The summed E-state index contributed by atoms with van der Waals surface area (Å²) < 4.78 is 29.3. The molecule has 0 fully saturated rings. The van der Waals surface area contributed by atoms with E-state index < -0.39 is 9.84 Å². The lowest BCUT2D eigenvalue weighted by Crippen LogP contribution is -2.07. The summed E-state index contributed by atoms with van der Waals surface area (Å²) in [6, 6.07) is 17.2. The minimum absolute atomic E-state index is 0.0641. The molecule has 6 heteroatoms. The molecule has 0 aliphatic carbocycles. The number of sulfone groups is 1. The normalized spacial score (nSPS) is 11.7. The highest BCUT2D eigenvalue weighted by atomic mass is 33.1. The molecule has 0 saturated heterocycles. The minimum atomic E-state index is -3.11. The van der Waals surface area contributed by atoms with Crippen molar-refractivity contribution < 1.29 is 13.2 Å². The number of hydrogen-bond donors (Lipinski definition) is 0. The van der Waals surface area contributed by atoms with Crippen molar-refractivity contribution in [3.63, 3.8) is 0 Å². The van der Waals surface area contributed by atoms with Crippen LogP contribution >= 0.6 is 21.6 Å². The molecule has 0 amide bonds. The van der Waals surface area contributed by atoms with Gasteiger partial charge in [0, 0.05) is 5.75 Å². The molecule has 0 aromatic heterocycles. The highest BCUT2D eigenvalue weighted by Gasteiger charge is 2.09. The second-order valence-electron chi connectivity index (χ2n) is 5.12. The Morgan fingerprint density at radius 3 is 2.54 bits per heavy atom. The first kappa shape index (κ1) is 19.0. The Morgan fingerprint density at radius 2 is 1.79 bits per heavy atom. The van der Waals surface area contributed by atoms with E-state index in [4.69, 9.17) is 4.74 Å². The van der Waals surface area contributed by atoms with Gasteiger partial charge >= 0.3 is 0 Å². The van der Waals surface area contributed by atoms with Gasteiger partial charge in [0.2, 0.25) is 0 Å². The highest BCUT2D eigenvalue weighted by Crippen LogP contribution is 2.28. The van der Waals surface area contributed by atoms with Crippen LogP contribution in [0.3, 0.4) is 0 Å². The average molecular weight is 381 g/mol. The van der Waals surface area contributed by atoms with Gasteiger partial charge in [-0.2, -0.15) is 0 Å². The SMILES string of the molecule is COc1cccc(CSS/C=C\CS(=O)(=O)Cc2ccccc2)c1. The average Bonchev–Trinajstić information content (AvgIpc) is 2.58. The first-order valence-electron chi connectivity index (χ1n) is 7.39. The van der Waals surface area contributed by atoms with Crippen LogP contribution in [0.5, 0.6) is 5.75 Å². The summed E-state index contributed by atoms with van der Waals surface area (Å²) >= 11 is 0. The Labute approximate surface area is 151 Å². The molecule has 0 radical (unpaired) electrons. The van der Waals surface area contributed by atoms with E-state index in [1.165, 1.54) is 16.4 Å². The van der Waals surface area contributed by atoms with Crippen LogP contribution in [0, 0.1) is 0 Å². The molecule has 0 unspecified atom stereocenters. The van der Waals surface area contributed by atoms with E-state index in [0.717, 1.165) is 17.1 Å². The molecular formula is C18H20O3S3. The molecule has 0 N–H and O–H groups in total. The van der Waals surface area contributed by atoms with E-state index in [1.54, 1.807) is 24.0 Å². The number of rotatable bonds is 9. The van der Waals surface area contributed by atoms with Gasteiger partial charge in [-0.25, -0.2) is 8.42 Å². The van der Waals surface area contributed by atoms with Gasteiger partial charge in [-0.15, -0.1) is 0 Å². The van der Waals surface area contributed by atoms with Gasteiger partial charge in [0.15, 0.2) is 9.84 Å². The molecule has 0 aliphatic heterocycles. The zero-order valence-electron chi connectivity index (χ0n) is 13.4. The Balaban J connectivity index is 1.72. The molecule has 2 aromatic rings. The lowest BCUT2D eigenvalue weighted by molar-refractivity contribution is 0.414. The maximum atomic E-state index is 12.0. The van der Waals surface area contributed by atoms with E-state index in [-0.39, 0.29) is 11.5 Å². The first-order chi connectivity index (χ1) is 11.6. The Hall–Kier alpha value is -1.37. The maximum absolute atomic E-state index is 12.0. The van der Waals surface area contributed by atoms with Crippen molar-refractivity contribution in [2.75, 3.05) is 12.9 Å². The third-order valence-electron chi connectivity index (χ3n) is 3.16. The Morgan fingerprint density at radius 1 is 1.04 bits per heavy atom. The van der Waals surface area contributed by atoms with Gasteiger partial charge in [-0.3, -0.25) is 0 Å². The standard InChI is InChI=1S/C18H20O3S3/c1-21-18-10-5-9-17(13-18)14-23-22-11-6-12-24(19,20)15-16-7-3-2-4-8-16/h2-11,13H,12,14-15H2,1H3/b11-6-. The highest BCUT2D eigenvalue weighted by molar-refractivity contribution is 8.77. The van der Waals surface area contributed by atoms with Gasteiger partial charge in [0.1, 0.15) is 5.75 Å². The second kappa shape index (κ2) is 9.81. The van der Waals surface area contributed by atoms with Crippen LogP contribution < -0.4 is 4.74 Å². The van der Waals surface area contributed by atoms with Crippen molar-refractivity contribution in [3.8, 4) is 5.75 Å². The van der Waals surface area contributed by atoms with E-state index in [2.05, 4.69) is 0 Å². The van der Waals surface area contributed by atoms with Crippen molar-refractivity contribution in [2.45, 2.75) is 11.5 Å². The Bertz CT molecular complexity index is 756. The van der Waals surface area contributed by atoms with E-state index in [1.807, 2.05) is 60.0 Å². The number of ether oxygens (including phenoxy) is 1. The summed E-state index contributed by atoms with van der Waals surface area (Å²) in [4.78, 5) is 0. The number of methoxy groups -OCH3 is 1. The predicted octanol–water partition coefficient (Wildman–Crippen LogP) is 4.71. The molecule has 2 rings (SSSR count). The number of hydrogen-bond acceptors (Lipinski definition) is 5. The fourth-order valence-electron chi connectivity index (χ4n) is 2.02. The molecule has 3 nitrogen and oxygen atoms in total. The van der Waals surface area contributed by atoms with Gasteiger partial charge in [-0.1, -0.05) is 70.1 Å². The van der Waals surface area contributed by atoms with E-state index in [9.17, 15) is 8.42 Å². The molecule has 0 heterocycles. The minimum Gasteiger partial charge on any atom is -0.497 e. The van der Waals surface area contributed by atoms with E-state index >= 15 is 0 Å². The summed E-state index contributed by atoms with van der Waals surface area (Å²) in [7, 11) is 1.74. The van der Waals surface area contributed by atoms with E-state index in [0.29, 0.717) is 0 Å². The summed E-state index contributed by atoms with van der Waals surface area (Å²) in [5.74, 6) is 1.83. The van der Waals surface area contributed by atoms with Crippen LogP contribution in [-0.2, 0) is 21.3 Å². The third kappa shape index (κ3) is 7.03.